The second kappa shape index (κ2) is 12.0. The Balaban J connectivity index is 2.00. The Hall–Kier alpha value is -4.18. The molecule has 3 rings (SSSR count). The summed E-state index contributed by atoms with van der Waals surface area (Å²) in [5.74, 6) is 5.05. The fourth-order valence-electron chi connectivity index (χ4n) is 2.76. The Kier molecular flexibility index (Phi) is 8.80. The van der Waals surface area contributed by atoms with E-state index >= 15 is 0 Å². The first kappa shape index (κ1) is 26.4. The minimum Gasteiger partial charge on any atom is -0.494 e. The number of nitrogens with two attached hydrogens (primary N) is 1. The molecule has 5 N–H and O–H groups in total. The first-order valence-electron chi connectivity index (χ1n) is 10.5. The molecule has 2 aromatic heterocycles. The topological polar surface area (TPSA) is 163 Å². The van der Waals surface area contributed by atoms with E-state index in [0.717, 1.165) is 25.1 Å². The van der Waals surface area contributed by atoms with Gasteiger partial charge in [-0.2, -0.15) is 0 Å². The maximum Gasteiger partial charge on any atom is 0.280 e. The van der Waals surface area contributed by atoms with E-state index in [1.54, 1.807) is 7.05 Å². The zero-order valence-electron chi connectivity index (χ0n) is 19.3. The monoisotopic (exact) mass is 512 g/mol. The number of halogens is 2. The lowest BCUT2D eigenvalue weighted by molar-refractivity contribution is 0.0973. The quantitative estimate of drug-likeness (QED) is 0.262. The van der Waals surface area contributed by atoms with E-state index in [1.165, 1.54) is 25.6 Å². The Bertz CT molecular complexity index is 1310. The zero-order valence-corrected chi connectivity index (χ0v) is 20.1. The number of carbonyl (C=O) groups excluding carboxylic acids is 1. The van der Waals surface area contributed by atoms with Gasteiger partial charge in [0.2, 0.25) is 0 Å². The summed E-state index contributed by atoms with van der Waals surface area (Å²) in [6, 6.07) is 1.05. The molecule has 10 nitrogen and oxygen atoms in total. The number of aromatic nitrogens is 3. The number of rotatable bonds is 6. The number of pyridine rings is 1. The van der Waals surface area contributed by atoms with Crippen molar-refractivity contribution in [3.63, 3.8) is 0 Å². The average Bonchev–Trinajstić information content (AvgIpc) is 3.69. The number of carbonyl (C=O) groups is 1. The molecule has 1 fully saturated rings. The number of alkyl halides is 2. The van der Waals surface area contributed by atoms with Crippen molar-refractivity contribution in [3.05, 3.63) is 41.6 Å². The van der Waals surface area contributed by atoms with Crippen LogP contribution in [0.15, 0.2) is 29.5 Å². The first-order chi connectivity index (χ1) is 17.2. The number of nitrogens with one attached hydrogen (secondary N) is 3. The van der Waals surface area contributed by atoms with Crippen LogP contribution in [0.2, 0.25) is 0 Å². The summed E-state index contributed by atoms with van der Waals surface area (Å²) in [6.45, 7) is 0. The van der Waals surface area contributed by atoms with Crippen molar-refractivity contribution in [1.29, 1.82) is 10.8 Å². The molecular formula is C23H22F2N8O2S. The van der Waals surface area contributed by atoms with Crippen molar-refractivity contribution < 1.29 is 18.3 Å². The first-order valence-corrected chi connectivity index (χ1v) is 11.3. The van der Waals surface area contributed by atoms with E-state index < -0.39 is 18.0 Å². The molecule has 1 aliphatic rings. The molecule has 1 aliphatic carbocycles. The van der Waals surface area contributed by atoms with Gasteiger partial charge in [0, 0.05) is 24.7 Å². The van der Waals surface area contributed by atoms with Crippen molar-refractivity contribution in [2.75, 3.05) is 14.2 Å². The smallest absolute Gasteiger partial charge is 0.280 e. The van der Waals surface area contributed by atoms with Crippen molar-refractivity contribution in [2.45, 2.75) is 19.3 Å². The SMILES string of the molecule is CN=C/C=C(\N)c1cnc(C(=O)NC(=N)SC(=N)C#CC2CC2)c(-c2cc(C(F)F)ncc2OC)n1. The summed E-state index contributed by atoms with van der Waals surface area (Å²) in [4.78, 5) is 29.0. The summed E-state index contributed by atoms with van der Waals surface area (Å²) in [7, 11) is 2.86. The maximum atomic E-state index is 13.4. The van der Waals surface area contributed by atoms with Gasteiger partial charge in [-0.1, -0.05) is 5.92 Å². The Labute approximate surface area is 209 Å². The van der Waals surface area contributed by atoms with Crippen molar-refractivity contribution in [2.24, 2.45) is 16.6 Å². The molecule has 13 heteroatoms. The van der Waals surface area contributed by atoms with Crippen LogP contribution in [0.5, 0.6) is 5.75 Å². The average molecular weight is 513 g/mol. The number of amidine groups is 1. The van der Waals surface area contributed by atoms with Gasteiger partial charge in [0.15, 0.2) is 10.9 Å². The Morgan fingerprint density at radius 1 is 1.36 bits per heavy atom. The van der Waals surface area contributed by atoms with Gasteiger partial charge in [-0.05, 0) is 42.7 Å². The van der Waals surface area contributed by atoms with Crippen LogP contribution in [0.4, 0.5) is 8.78 Å². The predicted molar refractivity (Wildman–Crippen MR) is 134 cm³/mol. The van der Waals surface area contributed by atoms with E-state index in [0.29, 0.717) is 11.8 Å². The lowest BCUT2D eigenvalue weighted by Gasteiger charge is -2.14. The lowest BCUT2D eigenvalue weighted by atomic mass is 10.1. The van der Waals surface area contributed by atoms with Gasteiger partial charge in [-0.15, -0.1) is 0 Å². The van der Waals surface area contributed by atoms with Crippen LogP contribution in [0.3, 0.4) is 0 Å². The molecule has 36 heavy (non-hydrogen) atoms. The van der Waals surface area contributed by atoms with Crippen LogP contribution < -0.4 is 15.8 Å². The highest BCUT2D eigenvalue weighted by Gasteiger charge is 2.24. The molecule has 1 saturated carbocycles. The molecule has 0 spiro atoms. The number of allylic oxidation sites excluding steroid dienone is 1. The summed E-state index contributed by atoms with van der Waals surface area (Å²) >= 11 is 0.661. The molecule has 2 aromatic rings. The summed E-state index contributed by atoms with van der Waals surface area (Å²) in [6.07, 6.45) is 4.31. The summed E-state index contributed by atoms with van der Waals surface area (Å²) < 4.78 is 32.0. The third-order valence-electron chi connectivity index (χ3n) is 4.67. The highest BCUT2D eigenvalue weighted by Crippen LogP contribution is 2.33. The van der Waals surface area contributed by atoms with Gasteiger partial charge < -0.3 is 10.5 Å². The number of methoxy groups -OCH3 is 1. The van der Waals surface area contributed by atoms with Crippen LogP contribution in [0, 0.1) is 28.6 Å². The van der Waals surface area contributed by atoms with Crippen LogP contribution >= 0.6 is 11.8 Å². The standard InChI is InChI=1S/C23H22F2N8O2S/c1-29-8-7-14(26)16-10-31-20(22(34)33-23(28)36-18(27)6-5-12-3-4-12)19(32-16)13-9-15(21(24)25)30-11-17(13)35-2/h7-12,21,27H,3-4,26H2,1-2H3,(H2,28,33,34)/b14-7-,27-18?,29-8?. The number of ether oxygens (including phenoxy) is 1. The van der Waals surface area contributed by atoms with Gasteiger partial charge in [-0.25, -0.2) is 18.7 Å². The Morgan fingerprint density at radius 2 is 2.11 bits per heavy atom. The summed E-state index contributed by atoms with van der Waals surface area (Å²) in [5.41, 5.74) is 5.42. The molecule has 0 aliphatic heterocycles. The molecule has 0 bridgehead atoms. The van der Waals surface area contributed by atoms with E-state index in [4.69, 9.17) is 21.3 Å². The van der Waals surface area contributed by atoms with Crippen LogP contribution in [-0.2, 0) is 0 Å². The number of hydrogen-bond acceptors (Lipinski definition) is 10. The maximum absolute atomic E-state index is 13.4. The fraction of sp³-hybridized carbons (Fsp3) is 0.261. The summed E-state index contributed by atoms with van der Waals surface area (Å²) in [5, 5.41) is 17.8. The molecule has 0 unspecified atom stereocenters. The third kappa shape index (κ3) is 6.92. The lowest BCUT2D eigenvalue weighted by Crippen LogP contribution is -2.30. The number of aliphatic imine (C=N–C) groups is 1. The minimum absolute atomic E-state index is 0.0292. The van der Waals surface area contributed by atoms with Gasteiger partial charge in [0.05, 0.1) is 25.2 Å². The highest BCUT2D eigenvalue weighted by atomic mass is 32.2. The molecule has 0 radical (unpaired) electrons. The van der Waals surface area contributed by atoms with Crippen molar-refractivity contribution >= 4 is 39.8 Å². The number of hydrogen-bond donors (Lipinski definition) is 4. The van der Waals surface area contributed by atoms with Crippen LogP contribution in [0.1, 0.15) is 41.1 Å². The number of nitrogens with zero attached hydrogens (tertiary/aromatic N) is 4. The molecular weight excluding hydrogens is 490 g/mol. The number of thioether (sulfide) groups is 1. The minimum atomic E-state index is -2.89. The molecule has 0 aromatic carbocycles. The van der Waals surface area contributed by atoms with E-state index in [-0.39, 0.29) is 50.2 Å². The van der Waals surface area contributed by atoms with Crippen LogP contribution in [-0.4, -0.2) is 51.4 Å². The molecule has 0 saturated heterocycles. The molecule has 0 atom stereocenters. The van der Waals surface area contributed by atoms with E-state index in [9.17, 15) is 13.6 Å². The van der Waals surface area contributed by atoms with E-state index in [2.05, 4.69) is 37.1 Å². The fourth-order valence-corrected chi connectivity index (χ4v) is 3.22. The Morgan fingerprint density at radius 3 is 2.75 bits per heavy atom. The molecule has 186 valence electrons. The van der Waals surface area contributed by atoms with Crippen molar-refractivity contribution in [3.8, 4) is 28.8 Å². The number of amides is 1. The van der Waals surface area contributed by atoms with Gasteiger partial charge >= 0.3 is 0 Å². The van der Waals surface area contributed by atoms with Gasteiger partial charge in [-0.3, -0.25) is 30.9 Å². The third-order valence-corrected chi connectivity index (χ3v) is 5.28. The predicted octanol–water partition coefficient (Wildman–Crippen LogP) is 3.27. The second-order valence-electron chi connectivity index (χ2n) is 7.35. The molecule has 2 heterocycles. The van der Waals surface area contributed by atoms with E-state index in [1.807, 2.05) is 0 Å². The second-order valence-corrected chi connectivity index (χ2v) is 8.37. The van der Waals surface area contributed by atoms with Crippen LogP contribution in [0.25, 0.3) is 17.0 Å². The van der Waals surface area contributed by atoms with Crippen molar-refractivity contribution in [1.82, 2.24) is 20.3 Å². The largest absolute Gasteiger partial charge is 0.494 e. The highest BCUT2D eigenvalue weighted by molar-refractivity contribution is 8.26. The zero-order chi connectivity index (χ0) is 26.2. The van der Waals surface area contributed by atoms with Gasteiger partial charge in [0.25, 0.3) is 12.3 Å². The normalized spacial score (nSPS) is 13.3. The molecule has 1 amide bonds. The van der Waals surface area contributed by atoms with Gasteiger partial charge in [0.1, 0.15) is 27.9 Å².